The fourth-order valence-electron chi connectivity index (χ4n) is 2.39. The topological polar surface area (TPSA) is 42.4 Å². The minimum absolute atomic E-state index is 0.0392. The van der Waals surface area contributed by atoms with E-state index in [-0.39, 0.29) is 5.91 Å². The number of carbonyl (C=O) groups is 1. The zero-order valence-corrected chi connectivity index (χ0v) is 13.6. The van der Waals surface area contributed by atoms with Crippen molar-refractivity contribution in [2.75, 3.05) is 20.7 Å². The molecular weight excluding hydrogens is 276 g/mol. The van der Waals surface area contributed by atoms with Gasteiger partial charge in [0.15, 0.2) is 0 Å². The number of likely N-dealkylation sites (N-methyl/N-ethyl adjacent to an activating group) is 1. The predicted molar refractivity (Wildman–Crippen MR) is 87.4 cm³/mol. The maximum atomic E-state index is 12.6. The van der Waals surface area contributed by atoms with E-state index in [9.17, 15) is 4.79 Å². The van der Waals surface area contributed by atoms with E-state index in [4.69, 9.17) is 4.74 Å². The predicted octanol–water partition coefficient (Wildman–Crippen LogP) is 3.02. The maximum absolute atomic E-state index is 12.6. The molecule has 0 aliphatic carbocycles. The fraction of sp³-hybridized carbons (Fsp3) is 0.333. The Morgan fingerprint density at radius 3 is 2.50 bits per heavy atom. The number of carbonyl (C=O) groups excluding carboxylic acids is 1. The van der Waals surface area contributed by atoms with Crippen LogP contribution < -0.4 is 4.74 Å². The fourth-order valence-corrected chi connectivity index (χ4v) is 2.39. The Kier molecular flexibility index (Phi) is 5.15. The second-order valence-electron chi connectivity index (χ2n) is 5.47. The summed E-state index contributed by atoms with van der Waals surface area (Å²) >= 11 is 0. The largest absolute Gasteiger partial charge is 0.496 e. The number of methoxy groups -OCH3 is 1. The molecule has 0 aliphatic heterocycles. The standard InChI is InChI=1S/C18H22N2O2/c1-13-12-17(22-4)14(2)11-16(13)18(21)20(3)10-7-15-5-8-19-9-6-15/h5-6,8-9,11-12H,7,10H2,1-4H3. The number of benzene rings is 1. The summed E-state index contributed by atoms with van der Waals surface area (Å²) in [4.78, 5) is 18.4. The lowest BCUT2D eigenvalue weighted by Crippen LogP contribution is -2.29. The summed E-state index contributed by atoms with van der Waals surface area (Å²) in [5.41, 5.74) is 3.81. The van der Waals surface area contributed by atoms with Gasteiger partial charge in [0.25, 0.3) is 5.91 Å². The third kappa shape index (κ3) is 3.64. The van der Waals surface area contributed by atoms with Gasteiger partial charge in [-0.3, -0.25) is 9.78 Å². The van der Waals surface area contributed by atoms with Crippen LogP contribution >= 0.6 is 0 Å². The molecule has 0 aliphatic rings. The molecule has 0 radical (unpaired) electrons. The molecule has 0 unspecified atom stereocenters. The Hall–Kier alpha value is -2.36. The molecule has 1 amide bonds. The minimum Gasteiger partial charge on any atom is -0.496 e. The van der Waals surface area contributed by atoms with Crippen molar-refractivity contribution >= 4 is 5.91 Å². The average Bonchev–Trinajstić information content (AvgIpc) is 2.54. The van der Waals surface area contributed by atoms with Gasteiger partial charge < -0.3 is 9.64 Å². The zero-order chi connectivity index (χ0) is 16.1. The number of amides is 1. The van der Waals surface area contributed by atoms with Crippen LogP contribution in [0.15, 0.2) is 36.7 Å². The number of ether oxygens (including phenoxy) is 1. The first kappa shape index (κ1) is 16.0. The molecule has 0 saturated heterocycles. The molecule has 0 saturated carbocycles. The summed E-state index contributed by atoms with van der Waals surface area (Å²) < 4.78 is 5.30. The Morgan fingerprint density at radius 1 is 1.18 bits per heavy atom. The third-order valence-electron chi connectivity index (χ3n) is 3.80. The molecule has 1 heterocycles. The molecule has 0 fully saturated rings. The number of pyridine rings is 1. The van der Waals surface area contributed by atoms with Crippen LogP contribution in [0.1, 0.15) is 27.0 Å². The molecule has 4 heteroatoms. The van der Waals surface area contributed by atoms with E-state index in [0.717, 1.165) is 28.9 Å². The Morgan fingerprint density at radius 2 is 1.86 bits per heavy atom. The quantitative estimate of drug-likeness (QED) is 0.852. The number of hydrogen-bond acceptors (Lipinski definition) is 3. The van der Waals surface area contributed by atoms with Gasteiger partial charge in [0.05, 0.1) is 7.11 Å². The normalized spacial score (nSPS) is 10.4. The van der Waals surface area contributed by atoms with Crippen LogP contribution in [-0.2, 0) is 6.42 Å². The first-order chi connectivity index (χ1) is 10.5. The first-order valence-corrected chi connectivity index (χ1v) is 7.32. The van der Waals surface area contributed by atoms with E-state index in [1.54, 1.807) is 24.4 Å². The van der Waals surface area contributed by atoms with Crippen molar-refractivity contribution in [3.8, 4) is 5.75 Å². The van der Waals surface area contributed by atoms with Gasteiger partial charge in [-0.25, -0.2) is 0 Å². The van der Waals surface area contributed by atoms with Gasteiger partial charge in [-0.05, 0) is 61.2 Å². The van der Waals surface area contributed by atoms with E-state index in [1.165, 1.54) is 5.56 Å². The van der Waals surface area contributed by atoms with Crippen LogP contribution in [0.5, 0.6) is 5.75 Å². The smallest absolute Gasteiger partial charge is 0.253 e. The molecular formula is C18H22N2O2. The highest BCUT2D eigenvalue weighted by Crippen LogP contribution is 2.23. The monoisotopic (exact) mass is 298 g/mol. The lowest BCUT2D eigenvalue weighted by Gasteiger charge is -2.19. The van der Waals surface area contributed by atoms with Gasteiger partial charge in [0.2, 0.25) is 0 Å². The highest BCUT2D eigenvalue weighted by Gasteiger charge is 2.16. The summed E-state index contributed by atoms with van der Waals surface area (Å²) in [5.74, 6) is 0.853. The van der Waals surface area contributed by atoms with Crippen LogP contribution in [0.25, 0.3) is 0 Å². The van der Waals surface area contributed by atoms with Crippen LogP contribution in [-0.4, -0.2) is 36.5 Å². The molecule has 2 rings (SSSR count). The average molecular weight is 298 g/mol. The van der Waals surface area contributed by atoms with Crippen molar-refractivity contribution in [1.29, 1.82) is 0 Å². The lowest BCUT2D eigenvalue weighted by atomic mass is 10.0. The second kappa shape index (κ2) is 7.07. The Labute approximate surface area is 131 Å². The number of rotatable bonds is 5. The van der Waals surface area contributed by atoms with Crippen molar-refractivity contribution in [3.63, 3.8) is 0 Å². The van der Waals surface area contributed by atoms with Crippen LogP contribution in [0.2, 0.25) is 0 Å². The van der Waals surface area contributed by atoms with Gasteiger partial charge in [-0.15, -0.1) is 0 Å². The Bertz CT molecular complexity index is 654. The zero-order valence-electron chi connectivity index (χ0n) is 13.6. The van der Waals surface area contributed by atoms with Gasteiger partial charge in [-0.2, -0.15) is 0 Å². The lowest BCUT2D eigenvalue weighted by molar-refractivity contribution is 0.0796. The van der Waals surface area contributed by atoms with Crippen LogP contribution in [0, 0.1) is 13.8 Å². The van der Waals surface area contributed by atoms with E-state index in [0.29, 0.717) is 6.54 Å². The second-order valence-corrected chi connectivity index (χ2v) is 5.47. The SMILES string of the molecule is COc1cc(C)c(C(=O)N(C)CCc2ccncc2)cc1C. The first-order valence-electron chi connectivity index (χ1n) is 7.32. The molecule has 4 nitrogen and oxygen atoms in total. The van der Waals surface area contributed by atoms with E-state index in [1.807, 2.05) is 45.2 Å². The minimum atomic E-state index is 0.0392. The van der Waals surface area contributed by atoms with Gasteiger partial charge in [-0.1, -0.05) is 0 Å². The van der Waals surface area contributed by atoms with Crippen LogP contribution in [0.3, 0.4) is 0 Å². The molecule has 2 aromatic rings. The van der Waals surface area contributed by atoms with Gasteiger partial charge in [0.1, 0.15) is 5.75 Å². The van der Waals surface area contributed by atoms with Crippen molar-refractivity contribution in [1.82, 2.24) is 9.88 Å². The van der Waals surface area contributed by atoms with E-state index >= 15 is 0 Å². The molecule has 116 valence electrons. The molecule has 0 N–H and O–H groups in total. The van der Waals surface area contributed by atoms with Gasteiger partial charge in [0, 0.05) is 31.5 Å². The number of aromatic nitrogens is 1. The summed E-state index contributed by atoms with van der Waals surface area (Å²) in [7, 11) is 3.48. The number of hydrogen-bond donors (Lipinski definition) is 0. The molecule has 0 atom stereocenters. The van der Waals surface area contributed by atoms with Crippen molar-refractivity contribution in [2.24, 2.45) is 0 Å². The van der Waals surface area contributed by atoms with E-state index in [2.05, 4.69) is 4.98 Å². The summed E-state index contributed by atoms with van der Waals surface area (Å²) in [5, 5.41) is 0. The van der Waals surface area contributed by atoms with Crippen LogP contribution in [0.4, 0.5) is 0 Å². The van der Waals surface area contributed by atoms with Crippen molar-refractivity contribution in [2.45, 2.75) is 20.3 Å². The summed E-state index contributed by atoms with van der Waals surface area (Å²) in [6.07, 6.45) is 4.36. The summed E-state index contributed by atoms with van der Waals surface area (Å²) in [6, 6.07) is 7.76. The molecule has 1 aromatic heterocycles. The van der Waals surface area contributed by atoms with Gasteiger partial charge >= 0.3 is 0 Å². The highest BCUT2D eigenvalue weighted by molar-refractivity contribution is 5.96. The van der Waals surface area contributed by atoms with Crippen molar-refractivity contribution < 1.29 is 9.53 Å². The number of nitrogens with zero attached hydrogens (tertiary/aromatic N) is 2. The highest BCUT2D eigenvalue weighted by atomic mass is 16.5. The molecule has 22 heavy (non-hydrogen) atoms. The Balaban J connectivity index is 2.09. The number of aryl methyl sites for hydroxylation is 2. The third-order valence-corrected chi connectivity index (χ3v) is 3.80. The maximum Gasteiger partial charge on any atom is 0.253 e. The molecule has 0 bridgehead atoms. The molecule has 0 spiro atoms. The molecule has 1 aromatic carbocycles. The summed E-state index contributed by atoms with van der Waals surface area (Å²) in [6.45, 7) is 4.56. The van der Waals surface area contributed by atoms with E-state index < -0.39 is 0 Å². The van der Waals surface area contributed by atoms with Crippen molar-refractivity contribution in [3.05, 3.63) is 58.9 Å².